The van der Waals surface area contributed by atoms with Gasteiger partial charge in [-0.25, -0.2) is 9.97 Å². The van der Waals surface area contributed by atoms with Crippen LogP contribution in [0.2, 0.25) is 0 Å². The van der Waals surface area contributed by atoms with Crippen molar-refractivity contribution in [3.8, 4) is 0 Å². The van der Waals surface area contributed by atoms with Gasteiger partial charge in [-0.15, -0.1) is 22.1 Å². The first-order chi connectivity index (χ1) is 20.0. The molecule has 0 saturated carbocycles. The van der Waals surface area contributed by atoms with E-state index in [1.165, 1.54) is 0 Å². The van der Waals surface area contributed by atoms with E-state index in [1.54, 1.807) is 12.2 Å². The fourth-order valence-electron chi connectivity index (χ4n) is 5.61. The van der Waals surface area contributed by atoms with Crippen LogP contribution in [0.5, 0.6) is 0 Å². The first-order valence-corrected chi connectivity index (χ1v) is 13.8. The van der Waals surface area contributed by atoms with Crippen molar-refractivity contribution in [1.82, 2.24) is 19.9 Å². The van der Waals surface area contributed by atoms with E-state index in [2.05, 4.69) is 13.2 Å². The quantitative estimate of drug-likeness (QED) is 0.263. The fourth-order valence-corrected chi connectivity index (χ4v) is 5.61. The molecule has 3 aromatic rings. The molecule has 0 amide bonds. The Balaban J connectivity index is 0.00000423. The van der Waals surface area contributed by atoms with Crippen LogP contribution in [0.25, 0.3) is 50.4 Å². The van der Waals surface area contributed by atoms with Crippen molar-refractivity contribution >= 4 is 62.4 Å². The van der Waals surface area contributed by atoms with E-state index in [9.17, 15) is 19.8 Å². The number of hydrogen-bond donors (Lipinski definition) is 2. The number of carboxylic acid groups (broad SMARTS) is 2. The predicted octanol–water partition coefficient (Wildman–Crippen LogP) is 6.76. The number of aryl methyl sites for hydroxylation is 3. The summed E-state index contributed by atoms with van der Waals surface area (Å²) < 4.78 is 0. The zero-order valence-corrected chi connectivity index (χ0v) is 27.9. The van der Waals surface area contributed by atoms with Gasteiger partial charge in [-0.3, -0.25) is 9.59 Å². The number of fused-ring (bicyclic) bond motifs is 8. The molecule has 0 fully saturated rings. The van der Waals surface area contributed by atoms with Crippen LogP contribution in [0.15, 0.2) is 43.5 Å². The summed E-state index contributed by atoms with van der Waals surface area (Å²) in [7, 11) is 0. The van der Waals surface area contributed by atoms with Crippen LogP contribution in [0.1, 0.15) is 78.1 Å². The summed E-state index contributed by atoms with van der Waals surface area (Å²) in [6.45, 7) is 15.9. The van der Waals surface area contributed by atoms with E-state index in [-0.39, 0.29) is 32.3 Å². The van der Waals surface area contributed by atoms with Crippen LogP contribution in [-0.2, 0) is 35.5 Å². The molecule has 8 nitrogen and oxygen atoms in total. The first-order valence-electron chi connectivity index (χ1n) is 13.8. The van der Waals surface area contributed by atoms with Crippen molar-refractivity contribution in [3.05, 3.63) is 88.5 Å². The Morgan fingerprint density at radius 3 is 1.91 bits per heavy atom. The summed E-state index contributed by atoms with van der Waals surface area (Å²) in [4.78, 5) is 42.7. The molecule has 8 bridgehead atoms. The van der Waals surface area contributed by atoms with Gasteiger partial charge in [0.05, 0.1) is 22.8 Å². The zero-order chi connectivity index (χ0) is 30.3. The van der Waals surface area contributed by atoms with Crippen LogP contribution in [0, 0.1) is 13.8 Å². The molecule has 0 spiro atoms. The van der Waals surface area contributed by atoms with Gasteiger partial charge in [0.2, 0.25) is 0 Å². The Hall–Kier alpha value is -4.36. The maximum absolute atomic E-state index is 11.5. The van der Waals surface area contributed by atoms with E-state index < -0.39 is 11.9 Å². The summed E-state index contributed by atoms with van der Waals surface area (Å²) in [6, 6.07) is 7.62. The molecule has 2 N–H and O–H groups in total. The van der Waals surface area contributed by atoms with Gasteiger partial charge in [-0.2, -0.15) is 0 Å². The second kappa shape index (κ2) is 12.5. The van der Waals surface area contributed by atoms with E-state index >= 15 is 0 Å². The molecule has 0 saturated heterocycles. The van der Waals surface area contributed by atoms with E-state index in [4.69, 9.17) is 19.9 Å². The van der Waals surface area contributed by atoms with Gasteiger partial charge in [0, 0.05) is 18.4 Å². The molecule has 0 atom stereocenters. The summed E-state index contributed by atoms with van der Waals surface area (Å²) in [5.74, 6) is -1.80. The van der Waals surface area contributed by atoms with Gasteiger partial charge in [-0.05, 0) is 62.8 Å². The zero-order valence-electron chi connectivity index (χ0n) is 24.9. The molecule has 2 aliphatic heterocycles. The predicted molar refractivity (Wildman–Crippen MR) is 167 cm³/mol. The van der Waals surface area contributed by atoms with E-state index in [0.29, 0.717) is 41.0 Å². The molecule has 2 aliphatic rings. The molecule has 0 aromatic carbocycles. The Kier molecular flexibility index (Phi) is 9.16. The van der Waals surface area contributed by atoms with E-state index in [0.717, 1.165) is 61.3 Å². The van der Waals surface area contributed by atoms with Crippen molar-refractivity contribution in [1.29, 1.82) is 0 Å². The van der Waals surface area contributed by atoms with Crippen molar-refractivity contribution in [3.63, 3.8) is 0 Å². The van der Waals surface area contributed by atoms with Crippen LogP contribution >= 0.6 is 0 Å². The minimum absolute atomic E-state index is 0. The Morgan fingerprint density at radius 2 is 1.26 bits per heavy atom. The topological polar surface area (TPSA) is 129 Å². The van der Waals surface area contributed by atoms with Gasteiger partial charge in [-0.1, -0.05) is 66.3 Å². The summed E-state index contributed by atoms with van der Waals surface area (Å²) in [6.07, 6.45) is 4.06. The number of rotatable bonds is 8. The molecular weight excluding hydrogens is 594 g/mol. The van der Waals surface area contributed by atoms with Crippen molar-refractivity contribution < 1.29 is 39.3 Å². The average Bonchev–Trinajstić information content (AvgIpc) is 3.59. The molecular formula is C34H32N4O4Zn. The molecule has 9 heteroatoms. The van der Waals surface area contributed by atoms with Crippen LogP contribution < -0.4 is 9.97 Å². The van der Waals surface area contributed by atoms with Crippen molar-refractivity contribution in [2.75, 3.05) is 0 Å². The standard InChI is InChI=1S/C34H34N4O4.Zn/c1-7-21-17(3)25-13-26-19(5)23(9-11-33(39)40)31(37-26)16-32-24(10-12-34(41)42)20(6)28(38-32)15-30-22(8-2)18(4)27(36-30)14-29(21)35-25;/h7-8,13-16H,1-2,9-12H2,3-6H3,(H4,35,36,37,38,39,40,41,42);/q;+2/p-2. The van der Waals surface area contributed by atoms with Gasteiger partial charge >= 0.3 is 31.4 Å². The normalized spacial score (nSPS) is 12.7. The number of hydrogen-bond acceptors (Lipinski definition) is 4. The number of carbonyl (C=O) groups is 2. The Morgan fingerprint density at radius 1 is 0.721 bits per heavy atom. The minimum atomic E-state index is -0.898. The number of carboxylic acids is 2. The number of allylic oxidation sites excluding steroid dienone is 5. The molecule has 3 aromatic heterocycles. The molecule has 5 heterocycles. The smallest absolute Gasteiger partial charge is 0.657 e. The third-order valence-corrected chi connectivity index (χ3v) is 8.06. The summed E-state index contributed by atoms with van der Waals surface area (Å²) in [5, 5.41) is 18.9. The monoisotopic (exact) mass is 624 g/mol. The number of aromatic nitrogens is 4. The first kappa shape index (κ1) is 31.6. The molecule has 43 heavy (non-hydrogen) atoms. The van der Waals surface area contributed by atoms with Gasteiger partial charge in [0.25, 0.3) is 0 Å². The Labute approximate surface area is 262 Å². The molecule has 5 rings (SSSR count). The van der Waals surface area contributed by atoms with Crippen molar-refractivity contribution in [2.45, 2.75) is 53.4 Å². The van der Waals surface area contributed by atoms with Crippen LogP contribution in [0.3, 0.4) is 0 Å². The van der Waals surface area contributed by atoms with Crippen LogP contribution in [0.4, 0.5) is 0 Å². The van der Waals surface area contributed by atoms with Gasteiger partial charge in [0.15, 0.2) is 0 Å². The SMILES string of the molecule is C=CC1=C(C)c2cc3[n-]c(cc4nc(cc5[n-]c(cc1n2)c(C)c5CCC(=O)O)C(CCC(=O)O)=C4C)c(C)c3C=C.[Zn+2]. The second-order valence-corrected chi connectivity index (χ2v) is 10.6. The molecule has 214 valence electrons. The van der Waals surface area contributed by atoms with Gasteiger partial charge in [0.1, 0.15) is 0 Å². The molecule has 0 unspecified atom stereocenters. The second-order valence-electron chi connectivity index (χ2n) is 10.6. The van der Waals surface area contributed by atoms with Crippen molar-refractivity contribution in [2.24, 2.45) is 0 Å². The molecule has 0 aliphatic carbocycles. The average molecular weight is 626 g/mol. The Bertz CT molecular complexity index is 1920. The number of aliphatic carboxylic acids is 2. The minimum Gasteiger partial charge on any atom is -0.657 e. The largest absolute Gasteiger partial charge is 2.00 e. The fraction of sp³-hybridized carbons (Fsp3) is 0.235. The van der Waals surface area contributed by atoms with Gasteiger partial charge < -0.3 is 20.2 Å². The maximum atomic E-state index is 11.5. The summed E-state index contributed by atoms with van der Waals surface area (Å²) >= 11 is 0. The number of nitrogens with zero attached hydrogens (tertiary/aromatic N) is 4. The molecule has 0 radical (unpaired) electrons. The maximum Gasteiger partial charge on any atom is 2.00 e. The third-order valence-electron chi connectivity index (χ3n) is 8.06. The van der Waals surface area contributed by atoms with Crippen LogP contribution in [-0.4, -0.2) is 32.1 Å². The summed E-state index contributed by atoms with van der Waals surface area (Å²) in [5.41, 5.74) is 12.6. The van der Waals surface area contributed by atoms with E-state index in [1.807, 2.05) is 52.0 Å². The third kappa shape index (κ3) is 5.95.